The highest BCUT2D eigenvalue weighted by Gasteiger charge is 1.87. The Balaban J connectivity index is 3.10. The molecule has 0 bridgehead atoms. The molecule has 0 spiro atoms. The second kappa shape index (κ2) is 6.53. The lowest BCUT2D eigenvalue weighted by atomic mass is 10.2. The van der Waals surface area contributed by atoms with E-state index in [-0.39, 0.29) is 5.78 Å². The van der Waals surface area contributed by atoms with Crippen molar-refractivity contribution in [2.45, 2.75) is 39.5 Å². The molecule has 0 heterocycles. The third kappa shape index (κ3) is 7.41. The van der Waals surface area contributed by atoms with E-state index in [1.54, 1.807) is 6.92 Å². The summed E-state index contributed by atoms with van der Waals surface area (Å²) in [7, 11) is 0. The predicted octanol–water partition coefficient (Wildman–Crippen LogP) is 2.71. The fraction of sp³-hybridized carbons (Fsp3) is 0.667. The third-order valence-electron chi connectivity index (χ3n) is 1.29. The first kappa shape index (κ1) is 9.41. The predicted molar refractivity (Wildman–Crippen MR) is 44.0 cm³/mol. The summed E-state index contributed by atoms with van der Waals surface area (Å²) >= 11 is 0. The van der Waals surface area contributed by atoms with Gasteiger partial charge in [-0.3, -0.25) is 0 Å². The summed E-state index contributed by atoms with van der Waals surface area (Å²) in [6, 6.07) is 0. The Morgan fingerprint density at radius 1 is 1.30 bits per heavy atom. The monoisotopic (exact) mass is 140 g/mol. The first-order valence-corrected chi connectivity index (χ1v) is 3.91. The molecule has 0 aromatic heterocycles. The molecule has 0 radical (unpaired) electrons. The van der Waals surface area contributed by atoms with Gasteiger partial charge in [-0.25, -0.2) is 0 Å². The van der Waals surface area contributed by atoms with Crippen LogP contribution in [0.15, 0.2) is 12.2 Å². The average molecular weight is 140 g/mol. The number of carbonyl (C=O) groups is 1. The average Bonchev–Trinajstić information content (AvgIpc) is 1.87. The van der Waals surface area contributed by atoms with Crippen LogP contribution in [0, 0.1) is 0 Å². The van der Waals surface area contributed by atoms with Crippen LogP contribution < -0.4 is 0 Å². The highest BCUT2D eigenvalue weighted by molar-refractivity contribution is 5.75. The molecule has 0 unspecified atom stereocenters. The minimum Gasteiger partial charge on any atom is -0.300 e. The summed E-state index contributed by atoms with van der Waals surface area (Å²) in [4.78, 5) is 10.4. The zero-order chi connectivity index (χ0) is 7.82. The number of hydrogen-bond acceptors (Lipinski definition) is 1. The van der Waals surface area contributed by atoms with Gasteiger partial charge in [-0.15, -0.1) is 0 Å². The molecule has 0 fully saturated rings. The molecule has 0 atom stereocenters. The Kier molecular flexibility index (Phi) is 6.14. The van der Waals surface area contributed by atoms with Gasteiger partial charge in [-0.2, -0.15) is 0 Å². The highest BCUT2D eigenvalue weighted by atomic mass is 16.1. The molecule has 0 saturated heterocycles. The number of Topliss-reactive ketones (excluding diaryl/α,β-unsaturated/α-hetero) is 1. The fourth-order valence-corrected chi connectivity index (χ4v) is 0.689. The Morgan fingerprint density at radius 2 is 1.90 bits per heavy atom. The lowest BCUT2D eigenvalue weighted by Crippen LogP contribution is -1.85. The third-order valence-corrected chi connectivity index (χ3v) is 1.29. The van der Waals surface area contributed by atoms with Crippen LogP contribution >= 0.6 is 0 Å². The molecule has 0 aromatic carbocycles. The van der Waals surface area contributed by atoms with E-state index in [2.05, 4.69) is 19.1 Å². The van der Waals surface area contributed by atoms with Gasteiger partial charge in [0.15, 0.2) is 0 Å². The van der Waals surface area contributed by atoms with E-state index in [9.17, 15) is 4.79 Å². The molecular formula is C9H16O. The largest absolute Gasteiger partial charge is 0.300 e. The van der Waals surface area contributed by atoms with Gasteiger partial charge in [0.25, 0.3) is 0 Å². The summed E-state index contributed by atoms with van der Waals surface area (Å²) in [6.45, 7) is 3.78. The Hall–Kier alpha value is -0.590. The Morgan fingerprint density at radius 3 is 2.40 bits per heavy atom. The highest BCUT2D eigenvalue weighted by Crippen LogP contribution is 1.95. The lowest BCUT2D eigenvalue weighted by Gasteiger charge is -1.87. The van der Waals surface area contributed by atoms with Crippen LogP contribution in [0.2, 0.25) is 0 Å². The van der Waals surface area contributed by atoms with Crippen molar-refractivity contribution in [2.24, 2.45) is 0 Å². The molecule has 0 aliphatic heterocycles. The van der Waals surface area contributed by atoms with Crippen LogP contribution in [0.25, 0.3) is 0 Å². The van der Waals surface area contributed by atoms with Crippen molar-refractivity contribution >= 4 is 5.78 Å². The van der Waals surface area contributed by atoms with E-state index >= 15 is 0 Å². The Labute approximate surface area is 63.1 Å². The van der Waals surface area contributed by atoms with Crippen LogP contribution in [0.4, 0.5) is 0 Å². The summed E-state index contributed by atoms with van der Waals surface area (Å²) in [6.07, 6.45) is 8.16. The van der Waals surface area contributed by atoms with Gasteiger partial charge < -0.3 is 4.79 Å². The van der Waals surface area contributed by atoms with E-state index in [0.29, 0.717) is 6.42 Å². The molecule has 0 N–H and O–H groups in total. The molecule has 1 heteroatoms. The van der Waals surface area contributed by atoms with Gasteiger partial charge in [0, 0.05) is 6.42 Å². The van der Waals surface area contributed by atoms with Crippen molar-refractivity contribution in [3.8, 4) is 0 Å². The summed E-state index contributed by atoms with van der Waals surface area (Å²) in [5.74, 6) is 0.279. The van der Waals surface area contributed by atoms with Gasteiger partial charge in [-0.05, 0) is 19.8 Å². The molecule has 0 aliphatic rings. The molecule has 58 valence electrons. The summed E-state index contributed by atoms with van der Waals surface area (Å²) < 4.78 is 0. The van der Waals surface area contributed by atoms with Crippen molar-refractivity contribution in [1.29, 1.82) is 0 Å². The molecule has 1 nitrogen and oxygen atoms in total. The SMILES string of the molecule is CCCC=CCCC(C)=O. The van der Waals surface area contributed by atoms with Crippen LogP contribution in [-0.2, 0) is 4.79 Å². The Bertz CT molecular complexity index is 114. The molecule has 10 heavy (non-hydrogen) atoms. The molecule has 0 amide bonds. The number of unbranched alkanes of at least 4 members (excludes halogenated alkanes) is 1. The van der Waals surface area contributed by atoms with E-state index in [1.165, 1.54) is 6.42 Å². The molecular weight excluding hydrogens is 124 g/mol. The first-order valence-electron chi connectivity index (χ1n) is 3.91. The van der Waals surface area contributed by atoms with E-state index in [1.807, 2.05) is 0 Å². The second-order valence-electron chi connectivity index (χ2n) is 2.50. The van der Waals surface area contributed by atoms with Crippen molar-refractivity contribution in [1.82, 2.24) is 0 Å². The smallest absolute Gasteiger partial charge is 0.130 e. The van der Waals surface area contributed by atoms with E-state index < -0.39 is 0 Å². The maximum Gasteiger partial charge on any atom is 0.130 e. The minimum atomic E-state index is 0.279. The number of hydrogen-bond donors (Lipinski definition) is 0. The number of ketones is 1. The second-order valence-corrected chi connectivity index (χ2v) is 2.50. The topological polar surface area (TPSA) is 17.1 Å². The van der Waals surface area contributed by atoms with Crippen molar-refractivity contribution in [3.05, 3.63) is 12.2 Å². The molecule has 0 saturated carbocycles. The van der Waals surface area contributed by atoms with Gasteiger partial charge in [0.2, 0.25) is 0 Å². The standard InChI is InChI=1S/C9H16O/c1-3-4-5-6-7-8-9(2)10/h5-6H,3-4,7-8H2,1-2H3. The van der Waals surface area contributed by atoms with Crippen LogP contribution in [0.3, 0.4) is 0 Å². The minimum absolute atomic E-state index is 0.279. The van der Waals surface area contributed by atoms with Crippen LogP contribution in [0.5, 0.6) is 0 Å². The molecule has 0 aromatic rings. The van der Waals surface area contributed by atoms with Crippen molar-refractivity contribution in [3.63, 3.8) is 0 Å². The number of allylic oxidation sites excluding steroid dienone is 2. The maximum atomic E-state index is 10.4. The van der Waals surface area contributed by atoms with Gasteiger partial charge in [0.05, 0.1) is 0 Å². The van der Waals surface area contributed by atoms with E-state index in [4.69, 9.17) is 0 Å². The number of rotatable bonds is 5. The lowest BCUT2D eigenvalue weighted by molar-refractivity contribution is -0.116. The number of carbonyl (C=O) groups excluding carboxylic acids is 1. The van der Waals surface area contributed by atoms with Crippen LogP contribution in [-0.4, -0.2) is 5.78 Å². The van der Waals surface area contributed by atoms with E-state index in [0.717, 1.165) is 12.8 Å². The van der Waals surface area contributed by atoms with Gasteiger partial charge in [0.1, 0.15) is 5.78 Å². The normalized spacial score (nSPS) is 10.6. The van der Waals surface area contributed by atoms with Crippen molar-refractivity contribution in [2.75, 3.05) is 0 Å². The molecule has 0 rings (SSSR count). The zero-order valence-corrected chi connectivity index (χ0v) is 6.89. The van der Waals surface area contributed by atoms with Crippen LogP contribution in [0.1, 0.15) is 39.5 Å². The zero-order valence-electron chi connectivity index (χ0n) is 6.89. The van der Waals surface area contributed by atoms with Gasteiger partial charge in [-0.1, -0.05) is 25.5 Å². The fourth-order valence-electron chi connectivity index (χ4n) is 0.689. The van der Waals surface area contributed by atoms with Crippen molar-refractivity contribution < 1.29 is 4.79 Å². The maximum absolute atomic E-state index is 10.4. The summed E-state index contributed by atoms with van der Waals surface area (Å²) in [5.41, 5.74) is 0. The first-order chi connectivity index (χ1) is 4.77. The summed E-state index contributed by atoms with van der Waals surface area (Å²) in [5, 5.41) is 0. The van der Waals surface area contributed by atoms with Gasteiger partial charge >= 0.3 is 0 Å². The molecule has 0 aliphatic carbocycles. The quantitative estimate of drug-likeness (QED) is 0.536.